The number of amides is 2. The van der Waals surface area contributed by atoms with E-state index in [4.69, 9.17) is 0 Å². The molecule has 148 valence electrons. The molecule has 3 aromatic rings. The normalized spacial score (nSPS) is 22.0. The maximum atomic E-state index is 14.1. The van der Waals surface area contributed by atoms with Crippen LogP contribution in [0.5, 0.6) is 0 Å². The lowest BCUT2D eigenvalue weighted by molar-refractivity contribution is -0.125. The highest BCUT2D eigenvalue weighted by Crippen LogP contribution is 2.49. The molecule has 2 aliphatic rings. The number of fused-ring (bicyclic) bond motifs is 1. The first-order chi connectivity index (χ1) is 14.1. The van der Waals surface area contributed by atoms with E-state index in [0.717, 1.165) is 0 Å². The molecule has 2 aliphatic carbocycles. The Labute approximate surface area is 166 Å². The molecule has 2 N–H and O–H groups in total. The fraction of sp³-hybridized carbons (Fsp3) is 0.333. The van der Waals surface area contributed by atoms with Crippen molar-refractivity contribution >= 4 is 17.5 Å². The highest BCUT2D eigenvalue weighted by molar-refractivity contribution is 5.99. The lowest BCUT2D eigenvalue weighted by atomic mass is 9.85. The van der Waals surface area contributed by atoms with E-state index in [-0.39, 0.29) is 29.7 Å². The van der Waals surface area contributed by atoms with Crippen LogP contribution in [0.15, 0.2) is 48.9 Å². The van der Waals surface area contributed by atoms with Crippen LogP contribution in [0, 0.1) is 5.82 Å². The van der Waals surface area contributed by atoms with Crippen LogP contribution in [0.4, 0.5) is 4.39 Å². The Hall–Kier alpha value is -3.29. The van der Waals surface area contributed by atoms with E-state index >= 15 is 0 Å². The zero-order chi connectivity index (χ0) is 20.0. The number of carbonyl (C=O) groups excluding carboxylic acids is 2. The number of benzene rings is 1. The summed E-state index contributed by atoms with van der Waals surface area (Å²) in [5, 5.41) is 10.1. The smallest absolute Gasteiger partial charge is 0.256 e. The van der Waals surface area contributed by atoms with Crippen molar-refractivity contribution in [2.24, 2.45) is 0 Å². The van der Waals surface area contributed by atoms with Crippen LogP contribution < -0.4 is 10.6 Å². The van der Waals surface area contributed by atoms with Crippen molar-refractivity contribution in [1.82, 2.24) is 25.2 Å². The molecule has 0 saturated heterocycles. The first-order valence-corrected chi connectivity index (χ1v) is 9.72. The molecular weight excluding hydrogens is 373 g/mol. The highest BCUT2D eigenvalue weighted by Gasteiger charge is 2.53. The number of rotatable bonds is 5. The molecule has 2 saturated carbocycles. The standard InChI is InChI=1S/C21H20FN5O2/c22-17-5-2-1-4-16(17)21(6-7-21)20(29)26-14-10-13(11-14)25-19(28)15-12-24-27-9-3-8-23-18(15)27/h1-5,8-9,12-14H,6-7,10-11H2,(H,25,28)(H,26,29). The summed E-state index contributed by atoms with van der Waals surface area (Å²) in [7, 11) is 0. The highest BCUT2D eigenvalue weighted by atomic mass is 19.1. The van der Waals surface area contributed by atoms with Gasteiger partial charge in [-0.3, -0.25) is 9.59 Å². The number of hydrogen-bond acceptors (Lipinski definition) is 4. The van der Waals surface area contributed by atoms with Gasteiger partial charge in [-0.05, 0) is 37.8 Å². The summed E-state index contributed by atoms with van der Waals surface area (Å²) in [6.07, 6.45) is 7.47. The quantitative estimate of drug-likeness (QED) is 0.694. The Kier molecular flexibility index (Phi) is 4.08. The van der Waals surface area contributed by atoms with Gasteiger partial charge in [0.2, 0.25) is 5.91 Å². The molecule has 0 atom stereocenters. The first kappa shape index (κ1) is 17.8. The van der Waals surface area contributed by atoms with Crippen molar-refractivity contribution in [3.63, 3.8) is 0 Å². The average molecular weight is 393 g/mol. The van der Waals surface area contributed by atoms with Crippen LogP contribution in [-0.4, -0.2) is 38.5 Å². The minimum atomic E-state index is -0.734. The third kappa shape index (κ3) is 3.04. The van der Waals surface area contributed by atoms with Gasteiger partial charge in [-0.25, -0.2) is 13.9 Å². The summed E-state index contributed by atoms with van der Waals surface area (Å²) in [6, 6.07) is 8.19. The predicted molar refractivity (Wildman–Crippen MR) is 103 cm³/mol. The first-order valence-electron chi connectivity index (χ1n) is 9.72. The van der Waals surface area contributed by atoms with Crippen LogP contribution in [0.1, 0.15) is 41.6 Å². The molecule has 1 aromatic carbocycles. The van der Waals surface area contributed by atoms with Crippen molar-refractivity contribution in [3.8, 4) is 0 Å². The molecule has 7 nitrogen and oxygen atoms in total. The fourth-order valence-electron chi connectivity index (χ4n) is 4.02. The number of hydrogen-bond donors (Lipinski definition) is 2. The minimum absolute atomic E-state index is 0.0147. The summed E-state index contributed by atoms with van der Waals surface area (Å²) < 4.78 is 15.7. The second-order valence-corrected chi connectivity index (χ2v) is 7.82. The molecule has 2 amide bonds. The molecule has 8 heteroatoms. The second-order valence-electron chi connectivity index (χ2n) is 7.82. The van der Waals surface area contributed by atoms with Crippen molar-refractivity contribution in [2.75, 3.05) is 0 Å². The molecule has 0 bridgehead atoms. The zero-order valence-corrected chi connectivity index (χ0v) is 15.6. The van der Waals surface area contributed by atoms with Gasteiger partial charge >= 0.3 is 0 Å². The van der Waals surface area contributed by atoms with Gasteiger partial charge in [0.1, 0.15) is 11.4 Å². The lowest BCUT2D eigenvalue weighted by Gasteiger charge is -2.37. The fourth-order valence-corrected chi connectivity index (χ4v) is 4.02. The summed E-state index contributed by atoms with van der Waals surface area (Å²) >= 11 is 0. The van der Waals surface area contributed by atoms with Gasteiger partial charge in [0.15, 0.2) is 5.65 Å². The van der Waals surface area contributed by atoms with Gasteiger partial charge in [0.05, 0.1) is 11.6 Å². The SMILES string of the molecule is O=C(NC1CC(NC(=O)C2(c3ccccc3F)CC2)C1)c1cnn2cccnc12. The van der Waals surface area contributed by atoms with E-state index in [1.165, 1.54) is 12.3 Å². The molecule has 29 heavy (non-hydrogen) atoms. The number of carbonyl (C=O) groups is 2. The molecule has 2 fully saturated rings. The van der Waals surface area contributed by atoms with Gasteiger partial charge in [0, 0.05) is 30.0 Å². The van der Waals surface area contributed by atoms with Gasteiger partial charge in [-0.15, -0.1) is 0 Å². The van der Waals surface area contributed by atoms with E-state index in [2.05, 4.69) is 20.7 Å². The van der Waals surface area contributed by atoms with Crippen molar-refractivity contribution in [2.45, 2.75) is 43.2 Å². The van der Waals surface area contributed by atoms with Crippen molar-refractivity contribution < 1.29 is 14.0 Å². The summed E-state index contributed by atoms with van der Waals surface area (Å²) in [6.45, 7) is 0. The van der Waals surface area contributed by atoms with E-state index in [9.17, 15) is 14.0 Å². The monoisotopic (exact) mass is 393 g/mol. The number of halogens is 1. The second kappa shape index (κ2) is 6.65. The van der Waals surface area contributed by atoms with E-state index in [1.54, 1.807) is 41.2 Å². The molecule has 0 radical (unpaired) electrons. The van der Waals surface area contributed by atoms with Gasteiger partial charge in [0.25, 0.3) is 5.91 Å². The average Bonchev–Trinajstić information content (AvgIpc) is 3.39. The molecular formula is C21H20FN5O2. The number of nitrogens with one attached hydrogen (secondary N) is 2. The topological polar surface area (TPSA) is 88.4 Å². The van der Waals surface area contributed by atoms with Gasteiger partial charge < -0.3 is 10.6 Å². The largest absolute Gasteiger partial charge is 0.352 e. The van der Waals surface area contributed by atoms with E-state index in [1.807, 2.05) is 0 Å². The van der Waals surface area contributed by atoms with Crippen molar-refractivity contribution in [3.05, 3.63) is 65.9 Å². The van der Waals surface area contributed by atoms with Gasteiger partial charge in [-0.1, -0.05) is 18.2 Å². The van der Waals surface area contributed by atoms with Crippen LogP contribution in [0.25, 0.3) is 5.65 Å². The Morgan fingerprint density at radius 3 is 2.62 bits per heavy atom. The molecule has 0 aliphatic heterocycles. The zero-order valence-electron chi connectivity index (χ0n) is 15.6. The number of aromatic nitrogens is 3. The molecule has 0 spiro atoms. The molecule has 5 rings (SSSR count). The molecule has 2 heterocycles. The Balaban J connectivity index is 1.17. The van der Waals surface area contributed by atoms with E-state index in [0.29, 0.717) is 42.5 Å². The lowest BCUT2D eigenvalue weighted by Crippen LogP contribution is -2.55. The Morgan fingerprint density at radius 1 is 1.10 bits per heavy atom. The maximum Gasteiger partial charge on any atom is 0.256 e. The predicted octanol–water partition coefficient (Wildman–Crippen LogP) is 1.98. The van der Waals surface area contributed by atoms with Crippen LogP contribution >= 0.6 is 0 Å². The maximum absolute atomic E-state index is 14.1. The number of nitrogens with zero attached hydrogens (tertiary/aromatic N) is 3. The van der Waals surface area contributed by atoms with Crippen LogP contribution in [-0.2, 0) is 10.2 Å². The summed E-state index contributed by atoms with van der Waals surface area (Å²) in [4.78, 5) is 29.5. The molecule has 2 aromatic heterocycles. The summed E-state index contributed by atoms with van der Waals surface area (Å²) in [5.74, 6) is -0.677. The van der Waals surface area contributed by atoms with Crippen LogP contribution in [0.2, 0.25) is 0 Å². The Morgan fingerprint density at radius 2 is 1.86 bits per heavy atom. The van der Waals surface area contributed by atoms with Crippen molar-refractivity contribution in [1.29, 1.82) is 0 Å². The third-order valence-electron chi connectivity index (χ3n) is 5.91. The van der Waals surface area contributed by atoms with Crippen LogP contribution in [0.3, 0.4) is 0 Å². The minimum Gasteiger partial charge on any atom is -0.352 e. The van der Waals surface area contributed by atoms with Gasteiger partial charge in [-0.2, -0.15) is 5.10 Å². The third-order valence-corrected chi connectivity index (χ3v) is 5.91. The Bertz CT molecular complexity index is 1100. The molecule has 0 unspecified atom stereocenters. The van der Waals surface area contributed by atoms with E-state index < -0.39 is 5.41 Å². The summed E-state index contributed by atoms with van der Waals surface area (Å²) in [5.41, 5.74) is 0.675.